The minimum Gasteiger partial charge on any atom is -0.385 e. The van der Waals surface area contributed by atoms with Crippen molar-refractivity contribution in [3.05, 3.63) is 58.3 Å². The Morgan fingerprint density at radius 1 is 1.15 bits per heavy atom. The molecule has 3 rings (SSSR count). The lowest BCUT2D eigenvalue weighted by molar-refractivity contribution is 0.0562. The van der Waals surface area contributed by atoms with E-state index in [9.17, 15) is 9.59 Å². The Morgan fingerprint density at radius 3 is 2.50 bits per heavy atom. The van der Waals surface area contributed by atoms with Crippen LogP contribution in [0.25, 0.3) is 0 Å². The number of likely N-dealkylation sites (tertiary alicyclic amines) is 1. The Bertz CT molecular complexity index is 723. The van der Waals surface area contributed by atoms with Gasteiger partial charge in [-0.15, -0.1) is 11.3 Å². The SMILES string of the molecule is COCCC1(NC(=O)c2ccccc2)CCN(C(=O)c2cccs2)CC1. The molecule has 0 radical (unpaired) electrons. The average molecular weight is 372 g/mol. The number of carbonyl (C=O) groups excluding carboxylic acids is 2. The largest absolute Gasteiger partial charge is 0.385 e. The van der Waals surface area contributed by atoms with E-state index in [1.165, 1.54) is 11.3 Å². The van der Waals surface area contributed by atoms with Gasteiger partial charge in [0.2, 0.25) is 0 Å². The summed E-state index contributed by atoms with van der Waals surface area (Å²) in [6.07, 6.45) is 2.20. The lowest BCUT2D eigenvalue weighted by Crippen LogP contribution is -2.56. The molecule has 2 aromatic rings. The van der Waals surface area contributed by atoms with Crippen molar-refractivity contribution in [1.29, 1.82) is 0 Å². The maximum absolute atomic E-state index is 12.7. The lowest BCUT2D eigenvalue weighted by Gasteiger charge is -2.42. The first-order chi connectivity index (χ1) is 12.6. The number of thiophene rings is 1. The minimum absolute atomic E-state index is 0.0697. The van der Waals surface area contributed by atoms with Crippen LogP contribution in [-0.2, 0) is 4.74 Å². The smallest absolute Gasteiger partial charge is 0.263 e. The highest BCUT2D eigenvalue weighted by atomic mass is 32.1. The molecule has 0 atom stereocenters. The van der Waals surface area contributed by atoms with E-state index < -0.39 is 0 Å². The van der Waals surface area contributed by atoms with Gasteiger partial charge in [-0.1, -0.05) is 24.3 Å². The van der Waals surface area contributed by atoms with E-state index in [0.717, 1.165) is 24.1 Å². The number of hydrogen-bond donors (Lipinski definition) is 1. The summed E-state index contributed by atoms with van der Waals surface area (Å²) < 4.78 is 5.26. The maximum atomic E-state index is 12.7. The summed E-state index contributed by atoms with van der Waals surface area (Å²) in [4.78, 5) is 27.9. The molecular weight excluding hydrogens is 348 g/mol. The number of nitrogens with zero attached hydrogens (tertiary/aromatic N) is 1. The van der Waals surface area contributed by atoms with Crippen LogP contribution in [0.5, 0.6) is 0 Å². The summed E-state index contributed by atoms with van der Waals surface area (Å²) in [6.45, 7) is 1.85. The van der Waals surface area contributed by atoms with Crippen LogP contribution in [0.3, 0.4) is 0 Å². The monoisotopic (exact) mass is 372 g/mol. The van der Waals surface area contributed by atoms with Crippen molar-refractivity contribution >= 4 is 23.2 Å². The molecule has 138 valence electrons. The third-order valence-corrected chi connectivity index (χ3v) is 5.80. The molecule has 2 amide bonds. The summed E-state index contributed by atoms with van der Waals surface area (Å²) in [5.41, 5.74) is 0.316. The second-order valence-corrected chi connectivity index (χ2v) is 7.56. The molecule has 0 unspecified atom stereocenters. The molecule has 1 aliphatic rings. The average Bonchev–Trinajstić information content (AvgIpc) is 3.22. The number of ether oxygens (including phenoxy) is 1. The third kappa shape index (κ3) is 4.31. The van der Waals surface area contributed by atoms with Gasteiger partial charge >= 0.3 is 0 Å². The van der Waals surface area contributed by atoms with Crippen LogP contribution in [0.2, 0.25) is 0 Å². The fourth-order valence-corrected chi connectivity index (χ4v) is 4.02. The molecule has 0 bridgehead atoms. The first kappa shape index (κ1) is 18.6. The van der Waals surface area contributed by atoms with Gasteiger partial charge in [-0.25, -0.2) is 0 Å². The molecule has 1 aliphatic heterocycles. The van der Waals surface area contributed by atoms with Gasteiger partial charge in [-0.3, -0.25) is 9.59 Å². The summed E-state index contributed by atoms with van der Waals surface area (Å²) >= 11 is 1.47. The molecule has 26 heavy (non-hydrogen) atoms. The normalized spacial score (nSPS) is 16.3. The van der Waals surface area contributed by atoms with E-state index in [-0.39, 0.29) is 17.4 Å². The number of amides is 2. The zero-order valence-electron chi connectivity index (χ0n) is 14.9. The maximum Gasteiger partial charge on any atom is 0.263 e. The first-order valence-electron chi connectivity index (χ1n) is 8.83. The van der Waals surface area contributed by atoms with Crippen molar-refractivity contribution in [3.63, 3.8) is 0 Å². The highest BCUT2D eigenvalue weighted by Gasteiger charge is 2.37. The number of methoxy groups -OCH3 is 1. The summed E-state index contributed by atoms with van der Waals surface area (Å²) in [5, 5.41) is 5.14. The van der Waals surface area contributed by atoms with Gasteiger partial charge in [-0.05, 0) is 42.8 Å². The van der Waals surface area contributed by atoms with Gasteiger partial charge in [-0.2, -0.15) is 0 Å². The van der Waals surface area contributed by atoms with Crippen molar-refractivity contribution in [3.8, 4) is 0 Å². The predicted molar refractivity (Wildman–Crippen MR) is 103 cm³/mol. The highest BCUT2D eigenvalue weighted by Crippen LogP contribution is 2.28. The quantitative estimate of drug-likeness (QED) is 0.847. The van der Waals surface area contributed by atoms with Crippen LogP contribution in [0, 0.1) is 0 Å². The van der Waals surface area contributed by atoms with Crippen molar-refractivity contribution in [2.24, 2.45) is 0 Å². The van der Waals surface area contributed by atoms with Gasteiger partial charge in [0, 0.05) is 37.9 Å². The summed E-state index contributed by atoms with van der Waals surface area (Å²) in [6, 6.07) is 13.0. The van der Waals surface area contributed by atoms with Gasteiger partial charge in [0.1, 0.15) is 0 Å². The Morgan fingerprint density at radius 2 is 1.88 bits per heavy atom. The Labute approximate surface area is 158 Å². The first-order valence-corrected chi connectivity index (χ1v) is 9.71. The fourth-order valence-electron chi connectivity index (χ4n) is 3.33. The minimum atomic E-state index is -0.338. The number of hydrogen-bond acceptors (Lipinski definition) is 4. The van der Waals surface area contributed by atoms with Crippen LogP contribution in [-0.4, -0.2) is 49.1 Å². The highest BCUT2D eigenvalue weighted by molar-refractivity contribution is 7.12. The van der Waals surface area contributed by atoms with Crippen LogP contribution < -0.4 is 5.32 Å². The van der Waals surface area contributed by atoms with Crippen LogP contribution in [0.4, 0.5) is 0 Å². The standard InChI is InChI=1S/C20H24N2O3S/c1-25-14-11-20(21-18(23)16-6-3-2-4-7-16)9-12-22(13-10-20)19(24)17-8-5-15-26-17/h2-8,15H,9-14H2,1H3,(H,21,23). The molecule has 0 aliphatic carbocycles. The van der Waals surface area contributed by atoms with Crippen molar-refractivity contribution in [1.82, 2.24) is 10.2 Å². The van der Waals surface area contributed by atoms with Crippen molar-refractivity contribution in [2.75, 3.05) is 26.8 Å². The molecule has 1 N–H and O–H groups in total. The molecule has 0 saturated carbocycles. The molecule has 1 aromatic heterocycles. The Balaban J connectivity index is 1.67. The van der Waals surface area contributed by atoms with Gasteiger partial charge in [0.05, 0.1) is 4.88 Å². The molecule has 1 saturated heterocycles. The third-order valence-electron chi connectivity index (χ3n) is 4.94. The molecule has 1 fully saturated rings. The number of piperidine rings is 1. The second kappa shape index (κ2) is 8.47. The van der Waals surface area contributed by atoms with E-state index in [1.54, 1.807) is 7.11 Å². The number of carbonyl (C=O) groups is 2. The van der Waals surface area contributed by atoms with E-state index in [2.05, 4.69) is 5.32 Å². The van der Waals surface area contributed by atoms with Gasteiger partial charge in [0.25, 0.3) is 11.8 Å². The Kier molecular flexibility index (Phi) is 6.06. The van der Waals surface area contributed by atoms with Crippen LogP contribution in [0.15, 0.2) is 47.8 Å². The number of benzene rings is 1. The molecule has 1 aromatic carbocycles. The molecule has 0 spiro atoms. The molecular formula is C20H24N2O3S. The molecule has 6 heteroatoms. The van der Waals surface area contributed by atoms with Crippen molar-refractivity contribution < 1.29 is 14.3 Å². The van der Waals surface area contributed by atoms with E-state index in [0.29, 0.717) is 25.3 Å². The zero-order chi connectivity index (χ0) is 18.4. The van der Waals surface area contributed by atoms with E-state index in [4.69, 9.17) is 4.74 Å². The fraction of sp³-hybridized carbons (Fsp3) is 0.400. The summed E-state index contributed by atoms with van der Waals surface area (Å²) in [7, 11) is 1.67. The molecule has 5 nitrogen and oxygen atoms in total. The number of rotatable bonds is 6. The Hall–Kier alpha value is -2.18. The summed E-state index contributed by atoms with van der Waals surface area (Å²) in [5.74, 6) is 0.00876. The topological polar surface area (TPSA) is 58.6 Å². The van der Waals surface area contributed by atoms with Crippen LogP contribution in [0.1, 0.15) is 39.3 Å². The predicted octanol–water partition coefficient (Wildman–Crippen LogP) is 3.19. The van der Waals surface area contributed by atoms with Gasteiger partial charge in [0.15, 0.2) is 0 Å². The zero-order valence-corrected chi connectivity index (χ0v) is 15.8. The van der Waals surface area contributed by atoms with E-state index in [1.807, 2.05) is 52.7 Å². The number of nitrogens with one attached hydrogen (secondary N) is 1. The van der Waals surface area contributed by atoms with Crippen LogP contribution >= 0.6 is 11.3 Å². The lowest BCUT2D eigenvalue weighted by atomic mass is 9.84. The molecule has 2 heterocycles. The van der Waals surface area contributed by atoms with Crippen molar-refractivity contribution in [2.45, 2.75) is 24.8 Å². The van der Waals surface area contributed by atoms with E-state index >= 15 is 0 Å². The second-order valence-electron chi connectivity index (χ2n) is 6.61. The van der Waals surface area contributed by atoms with Gasteiger partial charge < -0.3 is 15.0 Å².